The number of hydrogen-bond acceptors (Lipinski definition) is 5. The monoisotopic (exact) mass is 414 g/mol. The standard InChI is InChI=1S/C19H30N4O4.ClH/c24-15(18(27)22-12-1-2-12)13(9-11-3-7-21-16(11)25)23-17(26)14-10-19(4-5-19)6-8-20-14;/h11-15,20,24H,1-10H2,(H,21,25)(H,22,27)(H,23,26);1H/t11-,13-,14-,15?;/m0./s1. The molecule has 0 aromatic rings. The second kappa shape index (κ2) is 8.55. The molecule has 4 fully saturated rings. The minimum Gasteiger partial charge on any atom is -0.381 e. The second-order valence-electron chi connectivity index (χ2n) is 8.82. The fraction of sp³-hybridized carbons (Fsp3) is 0.842. The molecule has 0 radical (unpaired) electrons. The molecule has 158 valence electrons. The van der Waals surface area contributed by atoms with Gasteiger partial charge in [-0.1, -0.05) is 0 Å². The molecule has 2 aliphatic heterocycles. The summed E-state index contributed by atoms with van der Waals surface area (Å²) in [4.78, 5) is 37.1. The third-order valence-corrected chi connectivity index (χ3v) is 6.56. The van der Waals surface area contributed by atoms with Crippen molar-refractivity contribution in [2.75, 3.05) is 13.1 Å². The summed E-state index contributed by atoms with van der Waals surface area (Å²) in [5.74, 6) is -0.997. The van der Waals surface area contributed by atoms with Crippen LogP contribution in [0.4, 0.5) is 0 Å². The van der Waals surface area contributed by atoms with E-state index < -0.39 is 18.1 Å². The van der Waals surface area contributed by atoms with Crippen LogP contribution in [0.2, 0.25) is 0 Å². The van der Waals surface area contributed by atoms with Crippen molar-refractivity contribution in [3.8, 4) is 0 Å². The molecule has 1 spiro atoms. The maximum Gasteiger partial charge on any atom is 0.251 e. The average Bonchev–Trinajstić information content (AvgIpc) is 3.57. The molecule has 4 atom stereocenters. The number of piperidine rings is 1. The Kier molecular flexibility index (Phi) is 6.51. The third-order valence-electron chi connectivity index (χ3n) is 6.56. The molecule has 0 aromatic carbocycles. The van der Waals surface area contributed by atoms with Gasteiger partial charge in [-0.3, -0.25) is 14.4 Å². The second-order valence-corrected chi connectivity index (χ2v) is 8.82. The lowest BCUT2D eigenvalue weighted by molar-refractivity contribution is -0.134. The summed E-state index contributed by atoms with van der Waals surface area (Å²) >= 11 is 0. The van der Waals surface area contributed by atoms with Gasteiger partial charge in [0.15, 0.2) is 6.10 Å². The molecule has 1 unspecified atom stereocenters. The van der Waals surface area contributed by atoms with E-state index in [4.69, 9.17) is 0 Å². The minimum atomic E-state index is -1.35. The Morgan fingerprint density at radius 2 is 1.93 bits per heavy atom. The maximum absolute atomic E-state index is 12.8. The molecule has 0 bridgehead atoms. The SMILES string of the molecule is Cl.O=C(NC1CC1)C(O)[C@H](C[C@@H]1CCNC1=O)NC(=O)[C@@H]1CC2(CCN1)CC2. The Labute approximate surface area is 171 Å². The summed E-state index contributed by atoms with van der Waals surface area (Å²) in [5.41, 5.74) is 0.316. The zero-order valence-electron chi connectivity index (χ0n) is 16.0. The molecule has 0 aromatic heterocycles. The molecule has 28 heavy (non-hydrogen) atoms. The number of nitrogens with one attached hydrogen (secondary N) is 4. The summed E-state index contributed by atoms with van der Waals surface area (Å²) in [6, 6.07) is -0.920. The van der Waals surface area contributed by atoms with Gasteiger partial charge in [-0.2, -0.15) is 0 Å². The van der Waals surface area contributed by atoms with Crippen molar-refractivity contribution in [2.24, 2.45) is 11.3 Å². The van der Waals surface area contributed by atoms with Crippen molar-refractivity contribution in [2.45, 2.75) is 75.6 Å². The minimum absolute atomic E-state index is 0. The highest BCUT2D eigenvalue weighted by molar-refractivity contribution is 5.86. The summed E-state index contributed by atoms with van der Waals surface area (Å²) in [5, 5.41) is 22.3. The Bertz CT molecular complexity index is 623. The number of aliphatic hydroxyl groups excluding tert-OH is 1. The van der Waals surface area contributed by atoms with Crippen molar-refractivity contribution >= 4 is 30.1 Å². The number of amides is 3. The number of halogens is 1. The number of rotatable bonds is 7. The van der Waals surface area contributed by atoms with Crippen LogP contribution in [0, 0.1) is 11.3 Å². The van der Waals surface area contributed by atoms with Gasteiger partial charge < -0.3 is 26.4 Å². The highest BCUT2D eigenvalue weighted by atomic mass is 35.5. The zero-order valence-corrected chi connectivity index (χ0v) is 16.9. The van der Waals surface area contributed by atoms with E-state index in [1.165, 1.54) is 12.8 Å². The average molecular weight is 415 g/mol. The highest BCUT2D eigenvalue weighted by Gasteiger charge is 2.47. The number of hydrogen-bond donors (Lipinski definition) is 5. The quantitative estimate of drug-likeness (QED) is 0.388. The highest BCUT2D eigenvalue weighted by Crippen LogP contribution is 2.53. The van der Waals surface area contributed by atoms with Gasteiger partial charge in [-0.25, -0.2) is 0 Å². The first-order chi connectivity index (χ1) is 13.0. The van der Waals surface area contributed by atoms with Crippen LogP contribution in [0.15, 0.2) is 0 Å². The number of aliphatic hydroxyl groups is 1. The van der Waals surface area contributed by atoms with E-state index in [1.807, 2.05) is 0 Å². The van der Waals surface area contributed by atoms with Gasteiger partial charge in [0.2, 0.25) is 11.8 Å². The number of carbonyl (C=O) groups excluding carboxylic acids is 3. The van der Waals surface area contributed by atoms with Gasteiger partial charge in [0, 0.05) is 18.5 Å². The summed E-state index contributed by atoms with van der Waals surface area (Å²) < 4.78 is 0. The van der Waals surface area contributed by atoms with E-state index in [0.29, 0.717) is 18.4 Å². The van der Waals surface area contributed by atoms with E-state index in [9.17, 15) is 19.5 Å². The molecule has 4 rings (SSSR count). The molecule has 4 aliphatic rings. The first kappa shape index (κ1) is 21.3. The lowest BCUT2D eigenvalue weighted by Gasteiger charge is -2.32. The van der Waals surface area contributed by atoms with E-state index >= 15 is 0 Å². The molecular weight excluding hydrogens is 384 g/mol. The predicted octanol–water partition coefficient (Wildman–Crippen LogP) is -0.409. The Morgan fingerprint density at radius 1 is 1.18 bits per heavy atom. The van der Waals surface area contributed by atoms with E-state index in [1.54, 1.807) is 0 Å². The van der Waals surface area contributed by atoms with Gasteiger partial charge in [0.25, 0.3) is 5.91 Å². The summed E-state index contributed by atoms with van der Waals surface area (Å²) in [6.07, 6.45) is 5.70. The van der Waals surface area contributed by atoms with Crippen LogP contribution in [0.25, 0.3) is 0 Å². The van der Waals surface area contributed by atoms with Crippen LogP contribution in [0.3, 0.4) is 0 Å². The molecule has 3 amide bonds. The fourth-order valence-corrected chi connectivity index (χ4v) is 4.36. The van der Waals surface area contributed by atoms with Gasteiger partial charge in [-0.05, 0) is 63.3 Å². The molecule has 9 heteroatoms. The Hall–Kier alpha value is -1.38. The van der Waals surface area contributed by atoms with Crippen molar-refractivity contribution in [1.29, 1.82) is 0 Å². The zero-order chi connectivity index (χ0) is 19.0. The van der Waals surface area contributed by atoms with Crippen LogP contribution in [0.1, 0.15) is 51.4 Å². The normalized spacial score (nSPS) is 30.0. The third kappa shape index (κ3) is 4.96. The Morgan fingerprint density at radius 3 is 2.54 bits per heavy atom. The van der Waals surface area contributed by atoms with Crippen LogP contribution in [0.5, 0.6) is 0 Å². The van der Waals surface area contributed by atoms with Crippen molar-refractivity contribution in [1.82, 2.24) is 21.3 Å². The van der Waals surface area contributed by atoms with Gasteiger partial charge >= 0.3 is 0 Å². The lowest BCUT2D eigenvalue weighted by Crippen LogP contribution is -2.57. The maximum atomic E-state index is 12.8. The smallest absolute Gasteiger partial charge is 0.251 e. The summed E-state index contributed by atoms with van der Waals surface area (Å²) in [7, 11) is 0. The van der Waals surface area contributed by atoms with Gasteiger partial charge in [0.1, 0.15) is 0 Å². The first-order valence-electron chi connectivity index (χ1n) is 10.3. The first-order valence-corrected chi connectivity index (χ1v) is 10.3. The van der Waals surface area contributed by atoms with Crippen molar-refractivity contribution in [3.05, 3.63) is 0 Å². The molecule has 8 nitrogen and oxygen atoms in total. The van der Waals surface area contributed by atoms with Crippen molar-refractivity contribution < 1.29 is 19.5 Å². The van der Waals surface area contributed by atoms with Crippen LogP contribution in [-0.4, -0.2) is 60.1 Å². The molecule has 2 aliphatic carbocycles. The summed E-state index contributed by atoms with van der Waals surface area (Å²) in [6.45, 7) is 1.42. The molecule has 2 saturated carbocycles. The van der Waals surface area contributed by atoms with Crippen LogP contribution >= 0.6 is 12.4 Å². The fourth-order valence-electron chi connectivity index (χ4n) is 4.36. The van der Waals surface area contributed by atoms with E-state index in [-0.39, 0.29) is 48.6 Å². The molecule has 2 saturated heterocycles. The van der Waals surface area contributed by atoms with Crippen LogP contribution in [-0.2, 0) is 14.4 Å². The largest absolute Gasteiger partial charge is 0.381 e. The van der Waals surface area contributed by atoms with E-state index in [2.05, 4.69) is 21.3 Å². The van der Waals surface area contributed by atoms with Gasteiger partial charge in [-0.15, -0.1) is 12.4 Å². The molecule has 2 heterocycles. The predicted molar refractivity (Wildman–Crippen MR) is 105 cm³/mol. The topological polar surface area (TPSA) is 120 Å². The van der Waals surface area contributed by atoms with Gasteiger partial charge in [0.05, 0.1) is 12.1 Å². The van der Waals surface area contributed by atoms with Crippen LogP contribution < -0.4 is 21.3 Å². The van der Waals surface area contributed by atoms with Crippen molar-refractivity contribution in [3.63, 3.8) is 0 Å². The van der Waals surface area contributed by atoms with E-state index in [0.717, 1.165) is 32.2 Å². The lowest BCUT2D eigenvalue weighted by atomic mass is 9.88. The molecule has 5 N–H and O–H groups in total. The molecular formula is C19H31ClN4O4. The Balaban J connectivity index is 0.00000225. The number of carbonyl (C=O) groups is 3.